The molecule has 0 saturated heterocycles. The summed E-state index contributed by atoms with van der Waals surface area (Å²) in [5, 5.41) is 9.14. The second kappa shape index (κ2) is 4.33. The van der Waals surface area contributed by atoms with Crippen molar-refractivity contribution < 1.29 is 0 Å². The van der Waals surface area contributed by atoms with Crippen LogP contribution >= 0.6 is 15.9 Å². The van der Waals surface area contributed by atoms with Gasteiger partial charge in [0.1, 0.15) is 5.03 Å². The van der Waals surface area contributed by atoms with Crippen LogP contribution in [0.5, 0.6) is 0 Å². The van der Waals surface area contributed by atoms with E-state index in [0.717, 1.165) is 9.50 Å². The first-order chi connectivity index (χ1) is 5.74. The number of rotatable bonds is 1. The molecule has 3 nitrogen and oxygen atoms in total. The normalized spacial score (nSPS) is 12.4. The first-order valence-electron chi connectivity index (χ1n) is 3.11. The third-order valence-electron chi connectivity index (χ3n) is 1.18. The molecule has 1 aromatic rings. The Morgan fingerprint density at radius 1 is 1.67 bits per heavy atom. The number of pyridine rings is 1. The summed E-state index contributed by atoms with van der Waals surface area (Å²) in [6.45, 7) is 0. The first kappa shape index (κ1) is 9.36. The van der Waals surface area contributed by atoms with Crippen molar-refractivity contribution in [2.24, 2.45) is 4.36 Å². The molecule has 0 bridgehead atoms. The summed E-state index contributed by atoms with van der Waals surface area (Å²) >= 11 is 3.28. The molecule has 0 aromatic carbocycles. The zero-order valence-electron chi connectivity index (χ0n) is 6.36. The van der Waals surface area contributed by atoms with Crippen molar-refractivity contribution in [2.75, 3.05) is 6.26 Å². The Bertz CT molecular complexity index is 339. The van der Waals surface area contributed by atoms with Crippen LogP contribution in [0.1, 0.15) is 0 Å². The molecule has 0 spiro atoms. The highest BCUT2D eigenvalue weighted by molar-refractivity contribution is 9.10. The highest BCUT2D eigenvalue weighted by Crippen LogP contribution is 2.09. The van der Waals surface area contributed by atoms with E-state index in [9.17, 15) is 0 Å². The van der Waals surface area contributed by atoms with Crippen LogP contribution in [-0.4, -0.2) is 11.2 Å². The van der Waals surface area contributed by atoms with Gasteiger partial charge in [-0.3, -0.25) is 0 Å². The second-order valence-electron chi connectivity index (χ2n) is 1.98. The Morgan fingerprint density at radius 3 is 2.92 bits per heavy atom. The standard InChI is InChI=1S/C7H6BrN3S/c1-12(11-5-9)7-3-2-6(8)4-10-7/h2-4H,1H3. The lowest BCUT2D eigenvalue weighted by molar-refractivity contribution is 1.12. The molecule has 1 rings (SSSR count). The third kappa shape index (κ3) is 2.40. The molecule has 0 amide bonds. The van der Waals surface area contributed by atoms with Crippen LogP contribution in [0.2, 0.25) is 0 Å². The molecular weight excluding hydrogens is 238 g/mol. The second-order valence-corrected chi connectivity index (χ2v) is 4.46. The Kier molecular flexibility index (Phi) is 3.38. The molecule has 0 radical (unpaired) electrons. The molecule has 62 valence electrons. The zero-order valence-corrected chi connectivity index (χ0v) is 8.76. The van der Waals surface area contributed by atoms with Gasteiger partial charge >= 0.3 is 0 Å². The molecule has 0 fully saturated rings. The van der Waals surface area contributed by atoms with E-state index in [1.807, 2.05) is 18.4 Å². The van der Waals surface area contributed by atoms with Crippen molar-refractivity contribution in [3.8, 4) is 6.19 Å². The number of nitrogens with zero attached hydrogens (tertiary/aromatic N) is 3. The Morgan fingerprint density at radius 2 is 2.42 bits per heavy atom. The van der Waals surface area contributed by atoms with Gasteiger partial charge in [-0.1, -0.05) is 0 Å². The lowest BCUT2D eigenvalue weighted by Gasteiger charge is -1.97. The maximum absolute atomic E-state index is 8.31. The molecule has 0 aliphatic heterocycles. The third-order valence-corrected chi connectivity index (χ3v) is 2.85. The van der Waals surface area contributed by atoms with Gasteiger partial charge in [-0.25, -0.2) is 4.98 Å². The number of halogens is 1. The molecule has 0 N–H and O–H groups in total. The maximum atomic E-state index is 8.31. The van der Waals surface area contributed by atoms with Crippen molar-refractivity contribution in [2.45, 2.75) is 5.03 Å². The van der Waals surface area contributed by atoms with E-state index in [-0.39, 0.29) is 0 Å². The van der Waals surface area contributed by atoms with E-state index < -0.39 is 10.7 Å². The number of hydrogen-bond acceptors (Lipinski definition) is 3. The van der Waals surface area contributed by atoms with Gasteiger partial charge in [0.25, 0.3) is 0 Å². The van der Waals surface area contributed by atoms with Gasteiger partial charge in [0.2, 0.25) is 6.19 Å². The molecule has 1 heterocycles. The van der Waals surface area contributed by atoms with Gasteiger partial charge in [-0.05, 0) is 45.0 Å². The van der Waals surface area contributed by atoms with Crippen LogP contribution in [0.4, 0.5) is 0 Å². The van der Waals surface area contributed by atoms with Gasteiger partial charge in [0, 0.05) is 10.7 Å². The molecule has 1 atom stereocenters. The Hall–Kier alpha value is -0.730. The highest BCUT2D eigenvalue weighted by atomic mass is 79.9. The Labute approximate surface area is 81.7 Å². The lowest BCUT2D eigenvalue weighted by Crippen LogP contribution is -1.90. The van der Waals surface area contributed by atoms with Crippen molar-refractivity contribution in [1.29, 1.82) is 5.26 Å². The van der Waals surface area contributed by atoms with Gasteiger partial charge in [0.05, 0.1) is 0 Å². The van der Waals surface area contributed by atoms with Crippen LogP contribution in [0, 0.1) is 11.5 Å². The number of nitriles is 1. The van der Waals surface area contributed by atoms with Crippen LogP contribution < -0.4 is 0 Å². The first-order valence-corrected chi connectivity index (χ1v) is 5.50. The van der Waals surface area contributed by atoms with Gasteiger partial charge in [0.15, 0.2) is 0 Å². The average Bonchev–Trinajstić information content (AvgIpc) is 2.06. The van der Waals surface area contributed by atoms with Crippen LogP contribution in [-0.2, 0) is 10.7 Å². The fraction of sp³-hybridized carbons (Fsp3) is 0.143. The minimum absolute atomic E-state index is 0.410. The van der Waals surface area contributed by atoms with Crippen LogP contribution in [0.25, 0.3) is 0 Å². The summed E-state index contributed by atoms with van der Waals surface area (Å²) in [7, 11) is -0.410. The monoisotopic (exact) mass is 243 g/mol. The maximum Gasteiger partial charge on any atom is 0.212 e. The topological polar surface area (TPSA) is 49.0 Å². The highest BCUT2D eigenvalue weighted by Gasteiger charge is 1.95. The molecule has 1 unspecified atom stereocenters. The van der Waals surface area contributed by atoms with E-state index in [4.69, 9.17) is 5.26 Å². The molecule has 1 aromatic heterocycles. The summed E-state index contributed by atoms with van der Waals surface area (Å²) in [5.41, 5.74) is 0. The molecule has 0 aliphatic rings. The summed E-state index contributed by atoms with van der Waals surface area (Å²) in [5.74, 6) is 0. The van der Waals surface area contributed by atoms with Crippen LogP contribution in [0.15, 0.2) is 32.2 Å². The molecular formula is C7H6BrN3S. The minimum atomic E-state index is -0.410. The van der Waals surface area contributed by atoms with Crippen LogP contribution in [0.3, 0.4) is 0 Å². The predicted molar refractivity (Wildman–Crippen MR) is 51.5 cm³/mol. The van der Waals surface area contributed by atoms with Gasteiger partial charge in [-0.2, -0.15) is 5.26 Å². The molecule has 5 heteroatoms. The van der Waals surface area contributed by atoms with Gasteiger partial charge in [-0.15, -0.1) is 4.36 Å². The summed E-state index contributed by atoms with van der Waals surface area (Å²) in [6, 6.07) is 3.74. The van der Waals surface area contributed by atoms with Crippen molar-refractivity contribution in [3.05, 3.63) is 22.8 Å². The summed E-state index contributed by atoms with van der Waals surface area (Å²) < 4.78 is 4.61. The number of hydrogen-bond donors (Lipinski definition) is 0. The summed E-state index contributed by atoms with van der Waals surface area (Å²) in [4.78, 5) is 4.12. The molecule has 0 saturated carbocycles. The van der Waals surface area contributed by atoms with E-state index in [1.54, 1.807) is 12.4 Å². The quantitative estimate of drug-likeness (QED) is 0.710. The van der Waals surface area contributed by atoms with E-state index in [1.165, 1.54) is 0 Å². The molecule has 0 aliphatic carbocycles. The average molecular weight is 244 g/mol. The van der Waals surface area contributed by atoms with Crippen molar-refractivity contribution in [3.63, 3.8) is 0 Å². The van der Waals surface area contributed by atoms with Crippen molar-refractivity contribution >= 4 is 26.6 Å². The van der Waals surface area contributed by atoms with E-state index in [2.05, 4.69) is 25.3 Å². The largest absolute Gasteiger partial charge is 0.248 e. The predicted octanol–water partition coefficient (Wildman–Crippen LogP) is 2.12. The fourth-order valence-corrected chi connectivity index (χ4v) is 1.57. The number of aromatic nitrogens is 1. The van der Waals surface area contributed by atoms with E-state index >= 15 is 0 Å². The summed E-state index contributed by atoms with van der Waals surface area (Å²) in [6.07, 6.45) is 5.33. The Balaban J connectivity index is 2.99. The SMILES string of the molecule is C/S(=N\C#N)c1ccc(Br)cn1. The molecule has 12 heavy (non-hydrogen) atoms. The minimum Gasteiger partial charge on any atom is -0.248 e. The van der Waals surface area contributed by atoms with Gasteiger partial charge < -0.3 is 0 Å². The zero-order chi connectivity index (χ0) is 8.97. The van der Waals surface area contributed by atoms with E-state index in [0.29, 0.717) is 0 Å². The lowest BCUT2D eigenvalue weighted by atomic mass is 10.5. The smallest absolute Gasteiger partial charge is 0.212 e. The fourth-order valence-electron chi connectivity index (χ4n) is 0.645. The van der Waals surface area contributed by atoms with Crippen molar-refractivity contribution in [1.82, 2.24) is 4.98 Å².